The number of nitrogens with one attached hydrogen (secondary N) is 1. The van der Waals surface area contributed by atoms with Gasteiger partial charge in [-0.25, -0.2) is 0 Å². The highest BCUT2D eigenvalue weighted by atomic mass is 28.1. The van der Waals surface area contributed by atoms with E-state index in [1.165, 1.54) is 0 Å². The molecule has 1 unspecified atom stereocenters. The van der Waals surface area contributed by atoms with Crippen molar-refractivity contribution in [1.82, 2.24) is 5.32 Å². The normalized spacial score (nSPS) is 10.7. The Hall–Kier alpha value is -1.57. The molecule has 0 aromatic carbocycles. The summed E-state index contributed by atoms with van der Waals surface area (Å²) in [6.45, 7) is 4.57. The number of hydrogen-bond acceptors (Lipinski definition) is 8. The number of hydrogen-bond donors (Lipinski definition) is 5. The first kappa shape index (κ1) is 32.1. The van der Waals surface area contributed by atoms with Crippen LogP contribution in [-0.2, 0) is 28.6 Å². The largest absolute Gasteiger partial charge is 0.481 e. The highest BCUT2D eigenvalue weighted by molar-refractivity contribution is 6.13. The van der Waals surface area contributed by atoms with Crippen LogP contribution in [0.3, 0.4) is 0 Å². The van der Waals surface area contributed by atoms with Crippen molar-refractivity contribution in [2.24, 2.45) is 5.73 Å². The zero-order valence-electron chi connectivity index (χ0n) is 16.6. The molecule has 0 spiro atoms. The van der Waals surface area contributed by atoms with Gasteiger partial charge in [0.15, 0.2) is 0 Å². The van der Waals surface area contributed by atoms with Crippen molar-refractivity contribution < 1.29 is 43.9 Å². The van der Waals surface area contributed by atoms with E-state index < -0.39 is 23.3 Å². The summed E-state index contributed by atoms with van der Waals surface area (Å²) in [7, 11) is 5.73. The minimum atomic E-state index is -0.833. The zero-order chi connectivity index (χ0) is 21.8. The second-order valence-electron chi connectivity index (χ2n) is 4.77. The van der Waals surface area contributed by atoms with Crippen molar-refractivity contribution in [2.75, 3.05) is 34.4 Å². The van der Waals surface area contributed by atoms with Crippen LogP contribution in [0.5, 0.6) is 0 Å². The Balaban J connectivity index is -0.000000164. The van der Waals surface area contributed by atoms with E-state index in [1.807, 2.05) is 0 Å². The van der Waals surface area contributed by atoms with Crippen LogP contribution in [0.2, 0.25) is 0 Å². The number of methoxy groups -OCH3 is 3. The monoisotopic (exact) mass is 402 g/mol. The van der Waals surface area contributed by atoms with Crippen molar-refractivity contribution >= 4 is 28.2 Å². The molecule has 0 aliphatic heterocycles. The van der Waals surface area contributed by atoms with Crippen molar-refractivity contribution in [3.63, 3.8) is 0 Å². The van der Waals surface area contributed by atoms with E-state index in [4.69, 9.17) is 49.6 Å². The topological polar surface area (TPSA) is 178 Å². The van der Waals surface area contributed by atoms with Gasteiger partial charge in [-0.15, -0.1) is 0 Å². The van der Waals surface area contributed by atoms with Crippen LogP contribution >= 0.6 is 0 Å². The van der Waals surface area contributed by atoms with Gasteiger partial charge >= 0.3 is 0 Å². The fraction of sp³-hybridized carbons (Fsp3) is 0.786. The predicted octanol–water partition coefficient (Wildman–Crippen LogP) is -1.52. The predicted molar refractivity (Wildman–Crippen MR) is 99.1 cm³/mol. The minimum absolute atomic E-state index is 0.0732. The quantitative estimate of drug-likeness (QED) is 0.235. The first-order valence-corrected chi connectivity index (χ1v) is 8.46. The molecule has 0 bridgehead atoms. The first-order chi connectivity index (χ1) is 11.8. The molecule has 6 N–H and O–H groups in total. The summed E-state index contributed by atoms with van der Waals surface area (Å²) >= 11 is 0. The van der Waals surface area contributed by atoms with Gasteiger partial charge in [-0.2, -0.15) is 0 Å². The Bertz CT molecular complexity index is 326. The van der Waals surface area contributed by atoms with Gasteiger partial charge in [-0.3, -0.25) is 19.7 Å². The highest BCUT2D eigenvalue weighted by Crippen LogP contribution is 2.14. The van der Waals surface area contributed by atoms with Gasteiger partial charge < -0.3 is 35.3 Å². The Morgan fingerprint density at radius 3 is 1.50 bits per heavy atom. The van der Waals surface area contributed by atoms with Crippen LogP contribution < -0.4 is 11.1 Å². The van der Waals surface area contributed by atoms with Crippen molar-refractivity contribution in [2.45, 2.75) is 38.8 Å². The molecule has 0 heterocycles. The summed E-state index contributed by atoms with van der Waals surface area (Å²) in [5.41, 5.74) is 4.90. The number of rotatable bonds is 8. The molecule has 0 aliphatic carbocycles. The van der Waals surface area contributed by atoms with Crippen molar-refractivity contribution in [3.8, 4) is 0 Å². The summed E-state index contributed by atoms with van der Waals surface area (Å²) in [6, 6.07) is 0. The molecule has 0 aliphatic rings. The Morgan fingerprint density at radius 1 is 1.00 bits per heavy atom. The van der Waals surface area contributed by atoms with Crippen LogP contribution in [0.1, 0.15) is 27.2 Å². The van der Waals surface area contributed by atoms with Crippen LogP contribution in [0.4, 0.5) is 0 Å². The lowest BCUT2D eigenvalue weighted by molar-refractivity contribution is -0.165. The van der Waals surface area contributed by atoms with E-state index in [-0.39, 0.29) is 6.23 Å². The summed E-state index contributed by atoms with van der Waals surface area (Å²) in [4.78, 5) is 27.0. The summed E-state index contributed by atoms with van der Waals surface area (Å²) in [6.07, 6.45) is 0.596. The Morgan fingerprint density at radius 2 is 1.31 bits per heavy atom. The average molecular weight is 403 g/mol. The van der Waals surface area contributed by atoms with E-state index in [1.54, 1.807) is 21.3 Å². The molecular weight excluding hydrogens is 368 g/mol. The second kappa shape index (κ2) is 21.5. The number of carbonyl (C=O) groups is 3. The molecule has 1 atom stereocenters. The van der Waals surface area contributed by atoms with Crippen molar-refractivity contribution in [3.05, 3.63) is 0 Å². The number of nitrogens with two attached hydrogens (primary N) is 1. The van der Waals surface area contributed by atoms with E-state index >= 15 is 0 Å². The third-order valence-electron chi connectivity index (χ3n) is 2.22. The Kier molecular flexibility index (Phi) is 26.5. The van der Waals surface area contributed by atoms with Crippen LogP contribution in [0, 0.1) is 0 Å². The molecule has 0 rings (SSSR count). The van der Waals surface area contributed by atoms with E-state index in [9.17, 15) is 0 Å². The van der Waals surface area contributed by atoms with Crippen molar-refractivity contribution in [1.29, 1.82) is 0 Å². The average Bonchev–Trinajstić information content (AvgIpc) is 2.49. The van der Waals surface area contributed by atoms with Crippen LogP contribution in [0.25, 0.3) is 0 Å². The standard InChI is InChI=1S/C8H22N2O3Si.3C2H4O2/c1-11-7(10-5-4-9)6-8(14,12-2)13-3;3*1-2(3)4/h7,10H,4-6,9H2,1-3,14H3;3*1H3,(H,3,4). The maximum atomic E-state index is 9.00. The molecule has 0 aromatic heterocycles. The van der Waals surface area contributed by atoms with E-state index in [0.717, 1.165) is 37.6 Å². The lowest BCUT2D eigenvalue weighted by Crippen LogP contribution is -2.45. The molecule has 0 amide bonds. The third-order valence-corrected chi connectivity index (χ3v) is 3.45. The molecule has 11 nitrogen and oxygen atoms in total. The maximum absolute atomic E-state index is 9.00. The van der Waals surface area contributed by atoms with Gasteiger partial charge in [-0.1, -0.05) is 0 Å². The van der Waals surface area contributed by atoms with Gasteiger partial charge in [0.05, 0.1) is 10.2 Å². The van der Waals surface area contributed by atoms with Gasteiger partial charge in [0.25, 0.3) is 17.9 Å². The molecule has 0 saturated carbocycles. The zero-order valence-corrected chi connectivity index (χ0v) is 18.6. The van der Waals surface area contributed by atoms with Gasteiger partial charge in [0, 0.05) is 61.6 Å². The number of carboxylic acids is 3. The molecular formula is C14H34N2O9Si. The molecule has 26 heavy (non-hydrogen) atoms. The fourth-order valence-corrected chi connectivity index (χ4v) is 1.44. The molecule has 0 aromatic rings. The Labute approximate surface area is 157 Å². The first-order valence-electron chi connectivity index (χ1n) is 7.46. The number of ether oxygens (including phenoxy) is 3. The van der Waals surface area contributed by atoms with Gasteiger partial charge in [0.2, 0.25) is 0 Å². The second-order valence-corrected chi connectivity index (χ2v) is 6.29. The van der Waals surface area contributed by atoms with Crippen LogP contribution in [0.15, 0.2) is 0 Å². The van der Waals surface area contributed by atoms with E-state index in [0.29, 0.717) is 13.0 Å². The number of aliphatic carboxylic acids is 3. The third kappa shape index (κ3) is 43.3. The summed E-state index contributed by atoms with van der Waals surface area (Å²) in [5.74, 6) is -2.50. The molecule has 0 radical (unpaired) electrons. The molecule has 0 saturated heterocycles. The van der Waals surface area contributed by atoms with Gasteiger partial charge in [0.1, 0.15) is 11.6 Å². The SMILES string of the molecule is CC(=O)O.CC(=O)O.CC(=O)O.COC(CC([SiH3])(OC)OC)NCCN. The molecule has 0 fully saturated rings. The lowest BCUT2D eigenvalue weighted by Gasteiger charge is -2.30. The maximum Gasteiger partial charge on any atom is 0.300 e. The highest BCUT2D eigenvalue weighted by Gasteiger charge is 2.26. The van der Waals surface area contributed by atoms with E-state index in [2.05, 4.69) is 5.32 Å². The smallest absolute Gasteiger partial charge is 0.300 e. The number of carboxylic acid groups (broad SMARTS) is 3. The lowest BCUT2D eigenvalue weighted by atomic mass is 10.3. The summed E-state index contributed by atoms with van der Waals surface area (Å²) in [5, 5.41) is 25.4. The molecule has 12 heteroatoms. The fourth-order valence-electron chi connectivity index (χ4n) is 1.07. The van der Waals surface area contributed by atoms with Gasteiger partial charge in [-0.05, 0) is 0 Å². The molecule has 158 valence electrons. The van der Waals surface area contributed by atoms with Crippen LogP contribution in [-0.4, -0.2) is 89.5 Å². The summed E-state index contributed by atoms with van der Waals surface area (Å²) < 4.78 is 15.8. The minimum Gasteiger partial charge on any atom is -0.481 e.